The molecule has 1 amide bonds. The van der Waals surface area contributed by atoms with Crippen LogP contribution in [0.1, 0.15) is 30.6 Å². The summed E-state index contributed by atoms with van der Waals surface area (Å²) in [5, 5.41) is 23.1. The summed E-state index contributed by atoms with van der Waals surface area (Å²) in [4.78, 5) is 22.2. The van der Waals surface area contributed by atoms with Crippen LogP contribution in [-0.2, 0) is 0 Å². The van der Waals surface area contributed by atoms with Crippen LogP contribution in [0.4, 0.5) is 5.69 Å². The van der Waals surface area contributed by atoms with E-state index in [1.165, 1.54) is 19.2 Å². The minimum absolute atomic E-state index is 0.0498. The molecule has 0 radical (unpaired) electrons. The number of carbonyl (C=O) groups excluding carboxylic acids is 1. The number of methoxy groups -OCH3 is 1. The van der Waals surface area contributed by atoms with E-state index in [4.69, 9.17) is 4.74 Å². The zero-order valence-electron chi connectivity index (χ0n) is 11.7. The van der Waals surface area contributed by atoms with Crippen molar-refractivity contribution in [2.45, 2.75) is 25.9 Å². The second kappa shape index (κ2) is 6.33. The van der Waals surface area contributed by atoms with Crippen molar-refractivity contribution in [3.8, 4) is 5.75 Å². The molecule has 1 aromatic rings. The van der Waals surface area contributed by atoms with Crippen LogP contribution in [0.2, 0.25) is 0 Å². The van der Waals surface area contributed by atoms with E-state index in [1.54, 1.807) is 13.8 Å². The molecule has 0 saturated heterocycles. The summed E-state index contributed by atoms with van der Waals surface area (Å²) < 4.78 is 5.01. The first-order valence-corrected chi connectivity index (χ1v) is 6.13. The number of hydrogen-bond donors (Lipinski definition) is 2. The molecular weight excluding hydrogens is 264 g/mol. The van der Waals surface area contributed by atoms with Crippen molar-refractivity contribution in [2.75, 3.05) is 13.7 Å². The highest BCUT2D eigenvalue weighted by Crippen LogP contribution is 2.24. The smallest absolute Gasteiger partial charge is 0.270 e. The molecule has 0 aliphatic rings. The molecule has 110 valence electrons. The molecule has 7 nitrogen and oxygen atoms in total. The van der Waals surface area contributed by atoms with Crippen LogP contribution in [0.25, 0.3) is 0 Å². The van der Waals surface area contributed by atoms with Gasteiger partial charge in [0.2, 0.25) is 0 Å². The third kappa shape index (κ3) is 3.92. The maximum absolute atomic E-state index is 12.0. The number of nitrogens with one attached hydrogen (secondary N) is 1. The molecular formula is C13H18N2O5. The summed E-state index contributed by atoms with van der Waals surface area (Å²) in [5.74, 6) is -0.288. The van der Waals surface area contributed by atoms with Gasteiger partial charge in [-0.15, -0.1) is 0 Å². The van der Waals surface area contributed by atoms with Crippen LogP contribution in [0, 0.1) is 10.1 Å². The van der Waals surface area contributed by atoms with E-state index < -0.39 is 16.4 Å². The van der Waals surface area contributed by atoms with Gasteiger partial charge in [-0.1, -0.05) is 6.92 Å². The number of aliphatic hydroxyl groups is 1. The first-order valence-electron chi connectivity index (χ1n) is 6.13. The quantitative estimate of drug-likeness (QED) is 0.608. The number of amides is 1. The topological polar surface area (TPSA) is 102 Å². The Morgan fingerprint density at radius 2 is 2.20 bits per heavy atom. The first kappa shape index (κ1) is 15.9. The molecule has 0 saturated carbocycles. The molecule has 0 spiro atoms. The number of nitro benzene ring substituents is 1. The van der Waals surface area contributed by atoms with Crippen LogP contribution >= 0.6 is 0 Å². The predicted molar refractivity (Wildman–Crippen MR) is 72.9 cm³/mol. The normalized spacial score (nSPS) is 13.4. The van der Waals surface area contributed by atoms with E-state index in [0.717, 1.165) is 6.07 Å². The molecule has 0 aromatic heterocycles. The third-order valence-corrected chi connectivity index (χ3v) is 3.03. The lowest BCUT2D eigenvalue weighted by Gasteiger charge is -2.21. The Kier molecular flexibility index (Phi) is 5.04. The molecule has 0 aliphatic heterocycles. The lowest BCUT2D eigenvalue weighted by Crippen LogP contribution is -2.40. The second-order valence-corrected chi connectivity index (χ2v) is 4.67. The second-order valence-electron chi connectivity index (χ2n) is 4.67. The highest BCUT2D eigenvalue weighted by atomic mass is 16.6. The number of non-ortho nitro benzene ring substituents is 1. The Labute approximate surface area is 116 Å². The molecule has 0 aliphatic carbocycles. The summed E-state index contributed by atoms with van der Waals surface area (Å²) in [6.07, 6.45) is 0.472. The number of carbonyl (C=O) groups is 1. The van der Waals surface area contributed by atoms with E-state index in [0.29, 0.717) is 6.42 Å². The maximum Gasteiger partial charge on any atom is 0.270 e. The minimum Gasteiger partial charge on any atom is -0.496 e. The highest BCUT2D eigenvalue weighted by Gasteiger charge is 2.22. The number of nitrogens with zero attached hydrogens (tertiary/aromatic N) is 1. The van der Waals surface area contributed by atoms with E-state index in [2.05, 4.69) is 5.32 Å². The lowest BCUT2D eigenvalue weighted by atomic mass is 10.0. The van der Waals surface area contributed by atoms with Gasteiger partial charge in [0.1, 0.15) is 5.75 Å². The van der Waals surface area contributed by atoms with E-state index in [9.17, 15) is 20.0 Å². The fourth-order valence-corrected chi connectivity index (χ4v) is 1.48. The van der Waals surface area contributed by atoms with Gasteiger partial charge in [0.25, 0.3) is 11.6 Å². The fourth-order valence-electron chi connectivity index (χ4n) is 1.48. The van der Waals surface area contributed by atoms with Gasteiger partial charge in [0, 0.05) is 18.7 Å². The Morgan fingerprint density at radius 1 is 1.55 bits per heavy atom. The molecule has 7 heteroatoms. The number of hydrogen-bond acceptors (Lipinski definition) is 5. The largest absolute Gasteiger partial charge is 0.496 e. The van der Waals surface area contributed by atoms with Gasteiger partial charge in [-0.2, -0.15) is 0 Å². The van der Waals surface area contributed by atoms with Crippen molar-refractivity contribution >= 4 is 11.6 Å². The van der Waals surface area contributed by atoms with Crippen LogP contribution in [0.15, 0.2) is 18.2 Å². The fraction of sp³-hybridized carbons (Fsp3) is 0.462. The van der Waals surface area contributed by atoms with E-state index >= 15 is 0 Å². The van der Waals surface area contributed by atoms with Gasteiger partial charge < -0.3 is 15.2 Å². The maximum atomic E-state index is 12.0. The van der Waals surface area contributed by atoms with Gasteiger partial charge in [-0.25, -0.2) is 0 Å². The zero-order valence-corrected chi connectivity index (χ0v) is 11.7. The SMILES string of the molecule is CCC(C)(O)CNC(=O)c1cc([N+](=O)[O-])ccc1OC. The van der Waals surface area contributed by atoms with Crippen molar-refractivity contribution in [1.82, 2.24) is 5.32 Å². The minimum atomic E-state index is -1.02. The van der Waals surface area contributed by atoms with Crippen molar-refractivity contribution in [1.29, 1.82) is 0 Å². The molecule has 1 unspecified atom stereocenters. The Morgan fingerprint density at radius 3 is 2.70 bits per heavy atom. The summed E-state index contributed by atoms with van der Waals surface area (Å²) in [6.45, 7) is 3.44. The standard InChI is InChI=1S/C13H18N2O5/c1-4-13(2,17)8-14-12(16)10-7-9(15(18)19)5-6-11(10)20-3/h5-7,17H,4,8H2,1-3H3,(H,14,16). The van der Waals surface area contributed by atoms with Gasteiger partial charge in [0.15, 0.2) is 0 Å². The Bertz CT molecular complexity index is 513. The Hall–Kier alpha value is -2.15. The van der Waals surface area contributed by atoms with E-state index in [-0.39, 0.29) is 23.5 Å². The van der Waals surface area contributed by atoms with Gasteiger partial charge in [0.05, 0.1) is 23.2 Å². The monoisotopic (exact) mass is 282 g/mol. The van der Waals surface area contributed by atoms with Gasteiger partial charge >= 0.3 is 0 Å². The number of nitro groups is 1. The van der Waals surface area contributed by atoms with Gasteiger partial charge in [-0.3, -0.25) is 14.9 Å². The van der Waals surface area contributed by atoms with E-state index in [1.807, 2.05) is 0 Å². The zero-order chi connectivity index (χ0) is 15.3. The van der Waals surface area contributed by atoms with Crippen LogP contribution in [-0.4, -0.2) is 35.2 Å². The van der Waals surface area contributed by atoms with Crippen molar-refractivity contribution in [3.63, 3.8) is 0 Å². The summed E-state index contributed by atoms with van der Waals surface area (Å²) in [5.41, 5.74) is -1.16. The van der Waals surface area contributed by atoms with Crippen molar-refractivity contribution in [2.24, 2.45) is 0 Å². The van der Waals surface area contributed by atoms with Gasteiger partial charge in [-0.05, 0) is 19.4 Å². The molecule has 0 bridgehead atoms. The molecule has 1 rings (SSSR count). The third-order valence-electron chi connectivity index (χ3n) is 3.03. The lowest BCUT2D eigenvalue weighted by molar-refractivity contribution is -0.384. The van der Waals surface area contributed by atoms with Crippen LogP contribution < -0.4 is 10.1 Å². The van der Waals surface area contributed by atoms with Crippen LogP contribution in [0.3, 0.4) is 0 Å². The molecule has 2 N–H and O–H groups in total. The van der Waals surface area contributed by atoms with Crippen LogP contribution in [0.5, 0.6) is 5.75 Å². The number of benzene rings is 1. The average Bonchev–Trinajstić information content (AvgIpc) is 2.44. The average molecular weight is 282 g/mol. The van der Waals surface area contributed by atoms with Crippen molar-refractivity contribution < 1.29 is 19.6 Å². The number of ether oxygens (including phenoxy) is 1. The summed E-state index contributed by atoms with van der Waals surface area (Å²) in [7, 11) is 1.38. The molecule has 1 aromatic carbocycles. The highest BCUT2D eigenvalue weighted by molar-refractivity contribution is 5.97. The molecule has 20 heavy (non-hydrogen) atoms. The molecule has 1 atom stereocenters. The van der Waals surface area contributed by atoms with Crippen molar-refractivity contribution in [3.05, 3.63) is 33.9 Å². The molecule has 0 fully saturated rings. The number of rotatable bonds is 6. The predicted octanol–water partition coefficient (Wildman–Crippen LogP) is 1.49. The summed E-state index contributed by atoms with van der Waals surface area (Å²) >= 11 is 0. The summed E-state index contributed by atoms with van der Waals surface area (Å²) in [6, 6.07) is 3.78. The first-order chi connectivity index (χ1) is 9.30. The molecule has 0 heterocycles. The Balaban J connectivity index is 2.96.